The molecule has 27 heavy (non-hydrogen) atoms. The molecule has 1 fully saturated rings. The zero-order valence-electron chi connectivity index (χ0n) is 15.7. The molecule has 7 heteroatoms. The summed E-state index contributed by atoms with van der Waals surface area (Å²) in [6.45, 7) is 6.94. The Balaban J connectivity index is 1.75. The molecule has 1 aromatic carbocycles. The number of allylic oxidation sites excluding steroid dienone is 1. The van der Waals surface area contributed by atoms with E-state index in [4.69, 9.17) is 4.74 Å². The summed E-state index contributed by atoms with van der Waals surface area (Å²) in [5, 5.41) is 12.5. The molecule has 0 atom stereocenters. The Bertz CT molecular complexity index is 784. The van der Waals surface area contributed by atoms with E-state index < -0.39 is 0 Å². The van der Waals surface area contributed by atoms with Crippen molar-refractivity contribution in [1.82, 2.24) is 20.1 Å². The number of ether oxygens (including phenoxy) is 1. The second kappa shape index (κ2) is 9.60. The van der Waals surface area contributed by atoms with Crippen LogP contribution in [0.3, 0.4) is 0 Å². The van der Waals surface area contributed by atoms with Gasteiger partial charge in [-0.25, -0.2) is 0 Å². The molecule has 1 aromatic heterocycles. The van der Waals surface area contributed by atoms with Gasteiger partial charge in [-0.2, -0.15) is 0 Å². The molecule has 0 saturated heterocycles. The molecule has 1 heterocycles. The van der Waals surface area contributed by atoms with E-state index in [2.05, 4.69) is 22.1 Å². The molecule has 0 bridgehead atoms. The van der Waals surface area contributed by atoms with Crippen LogP contribution in [0.15, 0.2) is 42.1 Å². The predicted molar refractivity (Wildman–Crippen MR) is 108 cm³/mol. The lowest BCUT2D eigenvalue weighted by atomic mass is 10.2. The SMILES string of the molecule is C=CCn1c(SCC(=O)NC2CCCC2)nnc1-c1ccccc1OCC. The van der Waals surface area contributed by atoms with Crippen molar-refractivity contribution in [3.63, 3.8) is 0 Å². The number of rotatable bonds is 9. The van der Waals surface area contributed by atoms with Gasteiger partial charge in [0.2, 0.25) is 5.91 Å². The van der Waals surface area contributed by atoms with Crippen LogP contribution in [0, 0.1) is 0 Å². The van der Waals surface area contributed by atoms with E-state index >= 15 is 0 Å². The Morgan fingerprint density at radius 2 is 2.15 bits per heavy atom. The number of hydrogen-bond acceptors (Lipinski definition) is 5. The minimum Gasteiger partial charge on any atom is -0.493 e. The molecule has 2 aromatic rings. The van der Waals surface area contributed by atoms with Gasteiger partial charge >= 0.3 is 0 Å². The summed E-state index contributed by atoms with van der Waals surface area (Å²) in [5.74, 6) is 1.88. The van der Waals surface area contributed by atoms with E-state index in [0.29, 0.717) is 30.1 Å². The van der Waals surface area contributed by atoms with Crippen molar-refractivity contribution in [2.75, 3.05) is 12.4 Å². The summed E-state index contributed by atoms with van der Waals surface area (Å²) in [6, 6.07) is 8.11. The lowest BCUT2D eigenvalue weighted by Gasteiger charge is -2.13. The maximum absolute atomic E-state index is 12.2. The highest BCUT2D eigenvalue weighted by molar-refractivity contribution is 7.99. The van der Waals surface area contributed by atoms with Crippen LogP contribution in [0.4, 0.5) is 0 Å². The fourth-order valence-corrected chi connectivity index (χ4v) is 4.05. The Hall–Kier alpha value is -2.28. The molecule has 3 rings (SSSR count). The monoisotopic (exact) mass is 386 g/mol. The average Bonchev–Trinajstić information content (AvgIpc) is 3.31. The van der Waals surface area contributed by atoms with Crippen LogP contribution in [0.5, 0.6) is 5.75 Å². The quantitative estimate of drug-likeness (QED) is 0.526. The van der Waals surface area contributed by atoms with Crippen LogP contribution in [0.25, 0.3) is 11.4 Å². The van der Waals surface area contributed by atoms with Crippen LogP contribution in [0.1, 0.15) is 32.6 Å². The highest BCUT2D eigenvalue weighted by Crippen LogP contribution is 2.31. The third-order valence-corrected chi connectivity index (χ3v) is 5.48. The Morgan fingerprint density at radius 3 is 2.89 bits per heavy atom. The van der Waals surface area contributed by atoms with Gasteiger partial charge in [0.05, 0.1) is 17.9 Å². The number of amides is 1. The van der Waals surface area contributed by atoms with Crippen LogP contribution in [-0.4, -0.2) is 39.1 Å². The second-order valence-corrected chi connectivity index (χ2v) is 7.41. The van der Waals surface area contributed by atoms with E-state index in [1.165, 1.54) is 24.6 Å². The summed E-state index contributed by atoms with van der Waals surface area (Å²) in [7, 11) is 0. The Labute approximate surface area is 164 Å². The molecular formula is C20H26N4O2S. The first-order valence-electron chi connectivity index (χ1n) is 9.41. The molecule has 1 amide bonds. The molecular weight excluding hydrogens is 360 g/mol. The van der Waals surface area contributed by atoms with Crippen molar-refractivity contribution >= 4 is 17.7 Å². The first-order valence-corrected chi connectivity index (χ1v) is 10.4. The number of carbonyl (C=O) groups is 1. The predicted octanol–water partition coefficient (Wildman–Crippen LogP) is 3.68. The molecule has 144 valence electrons. The minimum atomic E-state index is 0.0521. The van der Waals surface area contributed by atoms with Gasteiger partial charge < -0.3 is 10.1 Å². The molecule has 1 saturated carbocycles. The third kappa shape index (κ3) is 4.91. The maximum Gasteiger partial charge on any atom is 0.230 e. The highest BCUT2D eigenvalue weighted by Gasteiger charge is 2.20. The lowest BCUT2D eigenvalue weighted by Crippen LogP contribution is -2.33. The largest absolute Gasteiger partial charge is 0.493 e. The molecule has 1 aliphatic rings. The van der Waals surface area contributed by atoms with Gasteiger partial charge in [0.25, 0.3) is 0 Å². The Morgan fingerprint density at radius 1 is 1.37 bits per heavy atom. The molecule has 0 radical (unpaired) electrons. The summed E-state index contributed by atoms with van der Waals surface area (Å²) >= 11 is 1.40. The van der Waals surface area contributed by atoms with Crippen molar-refractivity contribution in [3.05, 3.63) is 36.9 Å². The number of aromatic nitrogens is 3. The van der Waals surface area contributed by atoms with E-state index in [0.717, 1.165) is 30.0 Å². The number of carbonyl (C=O) groups excluding carboxylic acids is 1. The molecule has 0 unspecified atom stereocenters. The molecule has 0 aliphatic heterocycles. The van der Waals surface area contributed by atoms with Crippen molar-refractivity contribution in [1.29, 1.82) is 0 Å². The van der Waals surface area contributed by atoms with Gasteiger partial charge in [0.1, 0.15) is 5.75 Å². The standard InChI is InChI=1S/C20H26N4O2S/c1-3-13-24-19(16-11-7-8-12-17(16)26-4-2)22-23-20(24)27-14-18(25)21-15-9-5-6-10-15/h3,7-8,11-12,15H,1,4-6,9-10,13-14H2,2H3,(H,21,25). The van der Waals surface area contributed by atoms with Crippen LogP contribution in [-0.2, 0) is 11.3 Å². The van der Waals surface area contributed by atoms with Crippen LogP contribution < -0.4 is 10.1 Å². The van der Waals surface area contributed by atoms with Crippen LogP contribution in [0.2, 0.25) is 0 Å². The van der Waals surface area contributed by atoms with Gasteiger partial charge in [-0.1, -0.05) is 42.8 Å². The van der Waals surface area contributed by atoms with E-state index in [1.807, 2.05) is 35.8 Å². The second-order valence-electron chi connectivity index (χ2n) is 6.47. The van der Waals surface area contributed by atoms with Crippen molar-refractivity contribution in [3.8, 4) is 17.1 Å². The summed E-state index contributed by atoms with van der Waals surface area (Å²) in [4.78, 5) is 12.2. The molecule has 0 spiro atoms. The average molecular weight is 387 g/mol. The van der Waals surface area contributed by atoms with Crippen molar-refractivity contribution in [2.24, 2.45) is 0 Å². The fourth-order valence-electron chi connectivity index (χ4n) is 3.29. The fraction of sp³-hybridized carbons (Fsp3) is 0.450. The van der Waals surface area contributed by atoms with E-state index in [9.17, 15) is 4.79 Å². The highest BCUT2D eigenvalue weighted by atomic mass is 32.2. The van der Waals surface area contributed by atoms with Gasteiger partial charge in [0.15, 0.2) is 11.0 Å². The van der Waals surface area contributed by atoms with Gasteiger partial charge in [-0.3, -0.25) is 9.36 Å². The van der Waals surface area contributed by atoms with Crippen molar-refractivity contribution in [2.45, 2.75) is 50.4 Å². The summed E-state index contributed by atoms with van der Waals surface area (Å²) in [6.07, 6.45) is 6.38. The van der Waals surface area contributed by atoms with Gasteiger partial charge in [-0.05, 0) is 31.9 Å². The summed E-state index contributed by atoms with van der Waals surface area (Å²) in [5.41, 5.74) is 0.885. The van der Waals surface area contributed by atoms with E-state index in [1.54, 1.807) is 6.08 Å². The summed E-state index contributed by atoms with van der Waals surface area (Å²) < 4.78 is 7.70. The first kappa shape index (κ1) is 19.5. The normalized spacial score (nSPS) is 14.3. The smallest absolute Gasteiger partial charge is 0.230 e. The lowest BCUT2D eigenvalue weighted by molar-refractivity contribution is -0.119. The van der Waals surface area contributed by atoms with Crippen molar-refractivity contribution < 1.29 is 9.53 Å². The number of thioether (sulfide) groups is 1. The van der Waals surface area contributed by atoms with Gasteiger partial charge in [0, 0.05) is 12.6 Å². The number of para-hydroxylation sites is 1. The Kier molecular flexibility index (Phi) is 6.92. The molecule has 6 nitrogen and oxygen atoms in total. The van der Waals surface area contributed by atoms with Crippen LogP contribution >= 0.6 is 11.8 Å². The number of hydrogen-bond donors (Lipinski definition) is 1. The zero-order chi connectivity index (χ0) is 19.1. The minimum absolute atomic E-state index is 0.0521. The maximum atomic E-state index is 12.2. The number of nitrogens with zero attached hydrogens (tertiary/aromatic N) is 3. The zero-order valence-corrected chi connectivity index (χ0v) is 16.5. The van der Waals surface area contributed by atoms with Gasteiger partial charge in [-0.15, -0.1) is 16.8 Å². The molecule has 1 aliphatic carbocycles. The third-order valence-electron chi connectivity index (χ3n) is 4.51. The molecule has 1 N–H and O–H groups in total. The number of nitrogens with one attached hydrogen (secondary N) is 1. The number of benzene rings is 1. The van der Waals surface area contributed by atoms with E-state index in [-0.39, 0.29) is 5.91 Å². The first-order chi connectivity index (χ1) is 13.2. The topological polar surface area (TPSA) is 69.0 Å².